The van der Waals surface area contributed by atoms with Crippen molar-refractivity contribution in [3.8, 4) is 0 Å². The summed E-state index contributed by atoms with van der Waals surface area (Å²) in [6, 6.07) is 3.03. The zero-order chi connectivity index (χ0) is 5.98. The monoisotopic (exact) mass is 134 g/mol. The first-order valence-electron chi connectivity index (χ1n) is 2.23. The molecule has 0 fully saturated rings. The summed E-state index contributed by atoms with van der Waals surface area (Å²) in [7, 11) is 0. The van der Waals surface area contributed by atoms with Crippen LogP contribution in [0.2, 0.25) is 0 Å². The molecule has 0 spiro atoms. The average Bonchev–Trinajstić information content (AvgIpc) is 2.12. The van der Waals surface area contributed by atoms with Gasteiger partial charge in [0.25, 0.3) is 0 Å². The Morgan fingerprint density at radius 3 is 2.00 bits per heavy atom. The van der Waals surface area contributed by atoms with Gasteiger partial charge in [0.1, 0.15) is 0 Å². The third-order valence-corrected chi connectivity index (χ3v) is 0.859. The standard InChI is InChI=1S/C5H6N2O.Na.H/c6-5(8)7-3-1-2-4-7;;/h1-4H,(H2,6,8);;. The fourth-order valence-corrected chi connectivity index (χ4v) is 0.481. The number of amides is 1. The van der Waals surface area contributed by atoms with Crippen molar-refractivity contribution < 1.29 is 4.79 Å². The second-order valence-electron chi connectivity index (χ2n) is 1.43. The van der Waals surface area contributed by atoms with E-state index in [4.69, 9.17) is 5.73 Å². The Hall–Kier alpha value is -0.250. The molecule has 0 unspecified atom stereocenters. The van der Waals surface area contributed by atoms with Crippen LogP contribution in [0.1, 0.15) is 0 Å². The van der Waals surface area contributed by atoms with Crippen molar-refractivity contribution >= 4 is 35.6 Å². The van der Waals surface area contributed by atoms with Crippen LogP contribution in [0.4, 0.5) is 4.79 Å². The summed E-state index contributed by atoms with van der Waals surface area (Å²) in [4.78, 5) is 10.2. The van der Waals surface area contributed by atoms with Crippen molar-refractivity contribution in [1.82, 2.24) is 4.57 Å². The maximum absolute atomic E-state index is 10.2. The van der Waals surface area contributed by atoms with Gasteiger partial charge in [-0.15, -0.1) is 0 Å². The van der Waals surface area contributed by atoms with E-state index in [-0.39, 0.29) is 29.6 Å². The van der Waals surface area contributed by atoms with Crippen LogP contribution in [0, 0.1) is 0 Å². The van der Waals surface area contributed by atoms with Gasteiger partial charge in [-0.25, -0.2) is 4.79 Å². The number of primary amides is 1. The normalized spacial score (nSPS) is 8.00. The third-order valence-electron chi connectivity index (χ3n) is 0.859. The van der Waals surface area contributed by atoms with Gasteiger partial charge in [0.2, 0.25) is 0 Å². The zero-order valence-electron chi connectivity index (χ0n) is 4.24. The molecule has 0 aromatic carbocycles. The van der Waals surface area contributed by atoms with E-state index in [0.717, 1.165) is 0 Å². The zero-order valence-corrected chi connectivity index (χ0v) is 4.24. The van der Waals surface area contributed by atoms with Crippen LogP contribution < -0.4 is 5.73 Å². The van der Waals surface area contributed by atoms with Crippen molar-refractivity contribution in [3.63, 3.8) is 0 Å². The molecule has 1 aromatic rings. The first-order chi connectivity index (χ1) is 3.80. The minimum atomic E-state index is -0.449. The topological polar surface area (TPSA) is 48.0 Å². The van der Waals surface area contributed by atoms with Crippen molar-refractivity contribution in [1.29, 1.82) is 0 Å². The van der Waals surface area contributed by atoms with Gasteiger partial charge in [0.05, 0.1) is 0 Å². The molecule has 0 atom stereocenters. The Kier molecular flexibility index (Phi) is 3.61. The number of nitrogens with two attached hydrogens (primary N) is 1. The molecule has 0 aliphatic carbocycles. The molecule has 0 saturated carbocycles. The van der Waals surface area contributed by atoms with E-state index in [2.05, 4.69) is 0 Å². The third kappa shape index (κ3) is 2.22. The molecule has 1 heterocycles. The second-order valence-corrected chi connectivity index (χ2v) is 1.43. The summed E-state index contributed by atoms with van der Waals surface area (Å²) in [5.74, 6) is 0. The van der Waals surface area contributed by atoms with Gasteiger partial charge in [0, 0.05) is 12.4 Å². The maximum atomic E-state index is 10.2. The van der Waals surface area contributed by atoms with Crippen LogP contribution in [0.5, 0.6) is 0 Å². The van der Waals surface area contributed by atoms with E-state index in [1.165, 1.54) is 4.57 Å². The van der Waals surface area contributed by atoms with Crippen LogP contribution >= 0.6 is 0 Å². The number of carbonyl (C=O) groups is 1. The number of carbonyl (C=O) groups excluding carboxylic acids is 1. The quantitative estimate of drug-likeness (QED) is 0.489. The van der Waals surface area contributed by atoms with E-state index in [0.29, 0.717) is 0 Å². The van der Waals surface area contributed by atoms with Crippen molar-refractivity contribution in [2.75, 3.05) is 0 Å². The van der Waals surface area contributed by atoms with Crippen LogP contribution in [0.3, 0.4) is 0 Å². The number of hydrogen-bond acceptors (Lipinski definition) is 1. The average molecular weight is 134 g/mol. The summed E-state index contributed by atoms with van der Waals surface area (Å²) in [6.45, 7) is 0. The summed E-state index contributed by atoms with van der Waals surface area (Å²) in [5, 5.41) is 0. The molecule has 44 valence electrons. The van der Waals surface area contributed by atoms with Crippen LogP contribution in [-0.2, 0) is 0 Å². The van der Waals surface area contributed by atoms with Crippen molar-refractivity contribution in [2.24, 2.45) is 5.73 Å². The summed E-state index contributed by atoms with van der Waals surface area (Å²) in [6.07, 6.45) is 3.20. The molecule has 0 bridgehead atoms. The van der Waals surface area contributed by atoms with Gasteiger partial charge in [0.15, 0.2) is 0 Å². The predicted molar refractivity (Wildman–Crippen MR) is 36.6 cm³/mol. The Balaban J connectivity index is 0.000000640. The Labute approximate surface area is 75.1 Å². The molecule has 0 saturated heterocycles. The second kappa shape index (κ2) is 3.71. The first kappa shape index (κ1) is 8.75. The molecule has 1 rings (SSSR count). The Morgan fingerprint density at radius 1 is 1.33 bits per heavy atom. The van der Waals surface area contributed by atoms with Gasteiger partial charge < -0.3 is 5.73 Å². The summed E-state index contributed by atoms with van der Waals surface area (Å²) >= 11 is 0. The summed E-state index contributed by atoms with van der Waals surface area (Å²) < 4.78 is 1.31. The van der Waals surface area contributed by atoms with Crippen LogP contribution in [0.15, 0.2) is 24.5 Å². The fourth-order valence-electron chi connectivity index (χ4n) is 0.481. The molecule has 1 aromatic heterocycles. The molecular formula is C5H7N2NaO. The van der Waals surface area contributed by atoms with E-state index in [1.807, 2.05) is 0 Å². The molecule has 1 amide bonds. The SMILES string of the molecule is NC(=O)n1cccc1.[NaH]. The van der Waals surface area contributed by atoms with Gasteiger partial charge in [-0.3, -0.25) is 4.57 Å². The van der Waals surface area contributed by atoms with Gasteiger partial charge >= 0.3 is 35.6 Å². The van der Waals surface area contributed by atoms with Crippen LogP contribution in [-0.4, -0.2) is 40.2 Å². The van der Waals surface area contributed by atoms with E-state index in [1.54, 1.807) is 24.5 Å². The molecule has 0 aliphatic rings. The molecule has 0 aliphatic heterocycles. The number of nitrogens with zero attached hydrogens (tertiary/aromatic N) is 1. The number of hydrogen-bond donors (Lipinski definition) is 1. The fraction of sp³-hybridized carbons (Fsp3) is 0. The van der Waals surface area contributed by atoms with Crippen molar-refractivity contribution in [2.45, 2.75) is 0 Å². The predicted octanol–water partition coefficient (Wildman–Crippen LogP) is -0.234. The molecule has 2 N–H and O–H groups in total. The molecule has 3 nitrogen and oxygen atoms in total. The van der Waals surface area contributed by atoms with Crippen molar-refractivity contribution in [3.05, 3.63) is 24.5 Å². The molecule has 4 heteroatoms. The van der Waals surface area contributed by atoms with Gasteiger partial charge in [-0.05, 0) is 12.1 Å². The van der Waals surface area contributed by atoms with Gasteiger partial charge in [-0.2, -0.15) is 0 Å². The van der Waals surface area contributed by atoms with Crippen LogP contribution in [0.25, 0.3) is 0 Å². The molecule has 0 radical (unpaired) electrons. The molecular weight excluding hydrogens is 127 g/mol. The van der Waals surface area contributed by atoms with Gasteiger partial charge in [-0.1, -0.05) is 0 Å². The number of rotatable bonds is 0. The van der Waals surface area contributed by atoms with E-state index >= 15 is 0 Å². The Morgan fingerprint density at radius 2 is 1.78 bits per heavy atom. The molecule has 9 heavy (non-hydrogen) atoms. The van der Waals surface area contributed by atoms with E-state index in [9.17, 15) is 4.79 Å². The van der Waals surface area contributed by atoms with E-state index < -0.39 is 6.03 Å². The minimum absolute atomic E-state index is 0. The Bertz CT molecular complexity index is 183. The number of aromatic nitrogens is 1. The first-order valence-corrected chi connectivity index (χ1v) is 2.23. The summed E-state index contributed by atoms with van der Waals surface area (Å²) in [5.41, 5.74) is 4.88.